The topological polar surface area (TPSA) is 80.5 Å². The molecule has 2 aromatic carbocycles. The van der Waals surface area contributed by atoms with Crippen molar-refractivity contribution in [2.45, 2.75) is 56.0 Å². The normalized spacial score (nSPS) is 20.4. The zero-order valence-electron chi connectivity index (χ0n) is 15.8. The molecule has 1 saturated heterocycles. The minimum absolute atomic E-state index is 0.222. The maximum absolute atomic E-state index is 13.5. The van der Waals surface area contributed by atoms with E-state index in [1.807, 2.05) is 6.92 Å². The Bertz CT molecular complexity index is 927. The first-order chi connectivity index (χ1) is 13.3. The van der Waals surface area contributed by atoms with E-state index in [1.54, 1.807) is 40.7 Å². The molecule has 1 amide bonds. The zero-order valence-corrected chi connectivity index (χ0v) is 16.7. The number of hydrogen-bond donors (Lipinski definition) is 1. The molecule has 1 aliphatic heterocycles. The van der Waals surface area contributed by atoms with Crippen LogP contribution in [0.4, 0.5) is 4.39 Å². The van der Waals surface area contributed by atoms with Gasteiger partial charge in [-0.2, -0.15) is 4.31 Å². The Morgan fingerprint density at radius 3 is 2.36 bits per heavy atom. The summed E-state index contributed by atoms with van der Waals surface area (Å²) >= 11 is 0. The standard InChI is InChI=1S/C21H25FN2O3S/c1-15-5-12-19(13-6-15)28(26,27)24-18(3-2-4-21(23)25)11-14-20(24)16-7-9-17(22)10-8-16/h5-10,12-13,18,20H,2-4,11,14H2,1H3,(H2,23,25). The Hall–Kier alpha value is -2.25. The third-order valence-electron chi connectivity index (χ3n) is 5.25. The SMILES string of the molecule is Cc1ccc(S(=O)(=O)N2C(CCCC(N)=O)CCC2c2ccc(F)cc2)cc1. The number of benzene rings is 2. The van der Waals surface area contributed by atoms with Crippen LogP contribution in [-0.4, -0.2) is 24.7 Å². The lowest BCUT2D eigenvalue weighted by molar-refractivity contribution is -0.118. The Balaban J connectivity index is 1.95. The van der Waals surface area contributed by atoms with Gasteiger partial charge in [0.05, 0.1) is 10.9 Å². The molecule has 28 heavy (non-hydrogen) atoms. The third-order valence-corrected chi connectivity index (χ3v) is 7.23. The predicted octanol–water partition coefficient (Wildman–Crippen LogP) is 3.68. The fourth-order valence-electron chi connectivity index (χ4n) is 3.84. The molecule has 1 aliphatic rings. The van der Waals surface area contributed by atoms with Gasteiger partial charge in [-0.1, -0.05) is 29.8 Å². The second-order valence-corrected chi connectivity index (χ2v) is 9.15. The van der Waals surface area contributed by atoms with Crippen LogP contribution in [0.25, 0.3) is 0 Å². The zero-order chi connectivity index (χ0) is 20.3. The highest BCUT2D eigenvalue weighted by Gasteiger charge is 2.42. The highest BCUT2D eigenvalue weighted by atomic mass is 32.2. The van der Waals surface area contributed by atoms with Crippen LogP contribution in [0.2, 0.25) is 0 Å². The summed E-state index contributed by atoms with van der Waals surface area (Å²) < 4.78 is 41.8. The average molecular weight is 405 g/mol. The van der Waals surface area contributed by atoms with Gasteiger partial charge in [0.25, 0.3) is 0 Å². The molecule has 7 heteroatoms. The minimum atomic E-state index is -3.74. The molecular weight excluding hydrogens is 379 g/mol. The van der Waals surface area contributed by atoms with E-state index in [9.17, 15) is 17.6 Å². The fraction of sp³-hybridized carbons (Fsp3) is 0.381. The number of nitrogens with two attached hydrogens (primary N) is 1. The number of nitrogens with zero attached hydrogens (tertiary/aromatic N) is 1. The molecule has 0 aliphatic carbocycles. The first-order valence-electron chi connectivity index (χ1n) is 9.43. The van der Waals surface area contributed by atoms with Crippen molar-refractivity contribution in [2.75, 3.05) is 0 Å². The van der Waals surface area contributed by atoms with Crippen LogP contribution in [-0.2, 0) is 14.8 Å². The third kappa shape index (κ3) is 4.42. The van der Waals surface area contributed by atoms with Gasteiger partial charge < -0.3 is 5.73 Å². The van der Waals surface area contributed by atoms with Gasteiger partial charge in [0, 0.05) is 12.5 Å². The van der Waals surface area contributed by atoms with Gasteiger partial charge in [-0.15, -0.1) is 0 Å². The lowest BCUT2D eigenvalue weighted by atomic mass is 10.0. The molecule has 0 spiro atoms. The van der Waals surface area contributed by atoms with Gasteiger partial charge in [-0.3, -0.25) is 4.79 Å². The Morgan fingerprint density at radius 2 is 1.75 bits per heavy atom. The van der Waals surface area contributed by atoms with E-state index in [0.29, 0.717) is 25.7 Å². The van der Waals surface area contributed by atoms with Gasteiger partial charge in [0.15, 0.2) is 0 Å². The molecule has 1 fully saturated rings. The first kappa shape index (κ1) is 20.5. The number of hydrogen-bond acceptors (Lipinski definition) is 3. The highest BCUT2D eigenvalue weighted by molar-refractivity contribution is 7.89. The monoisotopic (exact) mass is 404 g/mol. The molecule has 0 saturated carbocycles. The summed E-state index contributed by atoms with van der Waals surface area (Å²) in [6, 6.07) is 12.2. The van der Waals surface area contributed by atoms with Crippen LogP contribution < -0.4 is 5.73 Å². The molecule has 150 valence electrons. The molecule has 2 aromatic rings. The van der Waals surface area contributed by atoms with Crippen molar-refractivity contribution in [3.05, 3.63) is 65.5 Å². The quantitative estimate of drug-likeness (QED) is 0.764. The molecule has 2 N–H and O–H groups in total. The van der Waals surface area contributed by atoms with E-state index in [-0.39, 0.29) is 35.1 Å². The van der Waals surface area contributed by atoms with E-state index in [1.165, 1.54) is 12.1 Å². The number of carbonyl (C=O) groups excluding carboxylic acids is 1. The van der Waals surface area contributed by atoms with Gasteiger partial charge in [-0.25, -0.2) is 12.8 Å². The van der Waals surface area contributed by atoms with Gasteiger partial charge >= 0.3 is 0 Å². The lowest BCUT2D eigenvalue weighted by Crippen LogP contribution is -2.37. The average Bonchev–Trinajstić information content (AvgIpc) is 3.07. The number of rotatable bonds is 7. The van der Waals surface area contributed by atoms with Crippen molar-refractivity contribution in [3.63, 3.8) is 0 Å². The number of sulfonamides is 1. The largest absolute Gasteiger partial charge is 0.370 e. The second-order valence-electron chi connectivity index (χ2n) is 7.31. The van der Waals surface area contributed by atoms with E-state index in [4.69, 9.17) is 5.73 Å². The molecular formula is C21H25FN2O3S. The van der Waals surface area contributed by atoms with Crippen LogP contribution in [0.3, 0.4) is 0 Å². The number of aryl methyl sites for hydroxylation is 1. The molecule has 2 unspecified atom stereocenters. The molecule has 5 nitrogen and oxygen atoms in total. The van der Waals surface area contributed by atoms with E-state index >= 15 is 0 Å². The van der Waals surface area contributed by atoms with E-state index in [2.05, 4.69) is 0 Å². The Morgan fingerprint density at radius 1 is 1.11 bits per heavy atom. The van der Waals surface area contributed by atoms with Crippen LogP contribution in [0, 0.1) is 12.7 Å². The minimum Gasteiger partial charge on any atom is -0.370 e. The van der Waals surface area contributed by atoms with Crippen molar-refractivity contribution in [2.24, 2.45) is 5.73 Å². The summed E-state index contributed by atoms with van der Waals surface area (Å²) in [5.41, 5.74) is 6.98. The summed E-state index contributed by atoms with van der Waals surface area (Å²) in [6.45, 7) is 1.90. The summed E-state index contributed by atoms with van der Waals surface area (Å²) in [6.07, 6.45) is 2.67. The van der Waals surface area contributed by atoms with E-state index < -0.39 is 10.0 Å². The Labute approximate surface area is 165 Å². The van der Waals surface area contributed by atoms with Crippen LogP contribution in [0.1, 0.15) is 49.3 Å². The fourth-order valence-corrected chi connectivity index (χ4v) is 5.73. The van der Waals surface area contributed by atoms with Crippen LogP contribution in [0.15, 0.2) is 53.4 Å². The number of primary amides is 1. The molecule has 1 heterocycles. The molecule has 0 aromatic heterocycles. The van der Waals surface area contributed by atoms with Gasteiger partial charge in [-0.05, 0) is 62.4 Å². The van der Waals surface area contributed by atoms with Crippen LogP contribution in [0.5, 0.6) is 0 Å². The lowest BCUT2D eigenvalue weighted by Gasteiger charge is -2.30. The Kier molecular flexibility index (Phi) is 6.15. The van der Waals surface area contributed by atoms with Crippen molar-refractivity contribution in [1.29, 1.82) is 0 Å². The molecule has 2 atom stereocenters. The van der Waals surface area contributed by atoms with Gasteiger partial charge in [0.2, 0.25) is 15.9 Å². The molecule has 0 bridgehead atoms. The number of amides is 1. The first-order valence-corrected chi connectivity index (χ1v) is 10.9. The molecule has 0 radical (unpaired) electrons. The number of halogens is 1. The smallest absolute Gasteiger partial charge is 0.243 e. The summed E-state index contributed by atoms with van der Waals surface area (Å²) in [5.74, 6) is -0.742. The van der Waals surface area contributed by atoms with Crippen molar-refractivity contribution in [1.82, 2.24) is 4.31 Å². The summed E-state index contributed by atoms with van der Waals surface area (Å²) in [7, 11) is -3.74. The van der Waals surface area contributed by atoms with Gasteiger partial charge in [0.1, 0.15) is 5.82 Å². The maximum atomic E-state index is 13.5. The van der Waals surface area contributed by atoms with Crippen LogP contribution >= 0.6 is 0 Å². The van der Waals surface area contributed by atoms with Crippen molar-refractivity contribution in [3.8, 4) is 0 Å². The summed E-state index contributed by atoms with van der Waals surface area (Å²) in [4.78, 5) is 11.3. The highest BCUT2D eigenvalue weighted by Crippen LogP contribution is 2.42. The number of carbonyl (C=O) groups is 1. The van der Waals surface area contributed by atoms with Crippen molar-refractivity contribution < 1.29 is 17.6 Å². The maximum Gasteiger partial charge on any atom is 0.243 e. The van der Waals surface area contributed by atoms with Crippen molar-refractivity contribution >= 4 is 15.9 Å². The summed E-state index contributed by atoms with van der Waals surface area (Å²) in [5, 5.41) is 0. The molecule has 3 rings (SSSR count). The van der Waals surface area contributed by atoms with E-state index in [0.717, 1.165) is 11.1 Å². The second kappa shape index (κ2) is 8.41. The predicted molar refractivity (Wildman–Crippen MR) is 105 cm³/mol.